The Hall–Kier alpha value is -2.02. The van der Waals surface area contributed by atoms with Gasteiger partial charge >= 0.3 is 0 Å². The van der Waals surface area contributed by atoms with E-state index in [1.807, 2.05) is 6.92 Å². The zero-order valence-electron chi connectivity index (χ0n) is 10.5. The number of carbonyl (C=O) groups excluding carboxylic acids is 1. The van der Waals surface area contributed by atoms with Crippen LogP contribution in [0.5, 0.6) is 0 Å². The van der Waals surface area contributed by atoms with Crippen LogP contribution in [0, 0.1) is 15.9 Å². The molecule has 1 aromatic rings. The molecule has 0 saturated heterocycles. The van der Waals surface area contributed by atoms with E-state index in [-0.39, 0.29) is 11.3 Å². The highest BCUT2D eigenvalue weighted by atomic mass is 19.1. The van der Waals surface area contributed by atoms with Crippen LogP contribution in [0.2, 0.25) is 0 Å². The summed E-state index contributed by atoms with van der Waals surface area (Å²) >= 11 is 0. The molecule has 0 radical (unpaired) electrons. The summed E-state index contributed by atoms with van der Waals surface area (Å²) in [4.78, 5) is 21.3. The van der Waals surface area contributed by atoms with Gasteiger partial charge in [-0.25, -0.2) is 4.39 Å². The molecule has 0 heterocycles. The number of nitro benzene ring substituents is 1. The van der Waals surface area contributed by atoms with Crippen LogP contribution in [-0.4, -0.2) is 30.6 Å². The minimum atomic E-state index is -0.906. The van der Waals surface area contributed by atoms with Crippen molar-refractivity contribution in [1.82, 2.24) is 5.32 Å². The van der Waals surface area contributed by atoms with Gasteiger partial charge in [0.2, 0.25) is 0 Å². The minimum absolute atomic E-state index is 0.206. The molecular weight excluding hydrogens is 255 g/mol. The fraction of sp³-hybridized carbons (Fsp3) is 0.417. The molecule has 1 aromatic carbocycles. The number of hydrogen-bond donors (Lipinski definition) is 1. The maximum absolute atomic E-state index is 13.5. The van der Waals surface area contributed by atoms with Crippen molar-refractivity contribution in [2.45, 2.75) is 13.3 Å². The van der Waals surface area contributed by atoms with Crippen LogP contribution in [0.25, 0.3) is 0 Å². The Balaban J connectivity index is 2.55. The minimum Gasteiger partial charge on any atom is -0.382 e. The molecule has 1 N–H and O–H groups in total. The summed E-state index contributed by atoms with van der Waals surface area (Å²) in [5.74, 6) is -1.50. The van der Waals surface area contributed by atoms with Crippen molar-refractivity contribution in [1.29, 1.82) is 0 Å². The van der Waals surface area contributed by atoms with E-state index in [9.17, 15) is 19.3 Å². The van der Waals surface area contributed by atoms with Crippen molar-refractivity contribution >= 4 is 11.6 Å². The Kier molecular flexibility index (Phi) is 5.87. The van der Waals surface area contributed by atoms with Gasteiger partial charge in [-0.3, -0.25) is 14.9 Å². The van der Waals surface area contributed by atoms with Crippen LogP contribution in [0.3, 0.4) is 0 Å². The summed E-state index contributed by atoms with van der Waals surface area (Å²) in [5, 5.41) is 12.9. The molecule has 6 nitrogen and oxygen atoms in total. The maximum Gasteiger partial charge on any atom is 0.272 e. The third-order valence-corrected chi connectivity index (χ3v) is 2.36. The lowest BCUT2D eigenvalue weighted by Crippen LogP contribution is -2.26. The van der Waals surface area contributed by atoms with Gasteiger partial charge in [0.15, 0.2) is 0 Å². The van der Waals surface area contributed by atoms with Crippen molar-refractivity contribution in [3.63, 3.8) is 0 Å². The molecule has 1 rings (SSSR count). The largest absolute Gasteiger partial charge is 0.382 e. The number of hydrogen-bond acceptors (Lipinski definition) is 4. The number of rotatable bonds is 7. The summed E-state index contributed by atoms with van der Waals surface area (Å²) in [6, 6.07) is 2.93. The summed E-state index contributed by atoms with van der Waals surface area (Å²) in [5.41, 5.74) is -0.590. The summed E-state index contributed by atoms with van der Waals surface area (Å²) in [6.45, 7) is 3.34. The number of ether oxygens (including phenoxy) is 1. The van der Waals surface area contributed by atoms with Gasteiger partial charge < -0.3 is 10.1 Å². The average Bonchev–Trinajstić information content (AvgIpc) is 2.38. The van der Waals surface area contributed by atoms with Crippen molar-refractivity contribution < 1.29 is 18.8 Å². The van der Waals surface area contributed by atoms with Crippen LogP contribution in [0.4, 0.5) is 10.1 Å². The lowest BCUT2D eigenvalue weighted by atomic mass is 10.2. The molecule has 0 fully saturated rings. The van der Waals surface area contributed by atoms with Crippen molar-refractivity contribution in [2.24, 2.45) is 0 Å². The van der Waals surface area contributed by atoms with Gasteiger partial charge in [0.05, 0.1) is 16.6 Å². The van der Waals surface area contributed by atoms with Gasteiger partial charge in [-0.05, 0) is 19.4 Å². The third kappa shape index (κ3) is 4.63. The number of nitrogens with zero attached hydrogens (tertiary/aromatic N) is 1. The Bertz CT molecular complexity index is 465. The lowest BCUT2D eigenvalue weighted by Gasteiger charge is -2.06. The second kappa shape index (κ2) is 7.42. The fourth-order valence-corrected chi connectivity index (χ4v) is 1.42. The molecule has 0 bridgehead atoms. The van der Waals surface area contributed by atoms with Crippen LogP contribution in [0.15, 0.2) is 18.2 Å². The zero-order chi connectivity index (χ0) is 14.3. The van der Waals surface area contributed by atoms with Gasteiger partial charge in [-0.15, -0.1) is 0 Å². The highest BCUT2D eigenvalue weighted by molar-refractivity contribution is 5.94. The molecule has 0 aliphatic carbocycles. The van der Waals surface area contributed by atoms with E-state index in [2.05, 4.69) is 5.32 Å². The first-order valence-electron chi connectivity index (χ1n) is 5.86. The van der Waals surface area contributed by atoms with Crippen molar-refractivity contribution in [2.75, 3.05) is 19.8 Å². The SMILES string of the molecule is CCOCCCNC(=O)c1ccc([N+](=O)[O-])cc1F. The number of benzene rings is 1. The van der Waals surface area contributed by atoms with Gasteiger partial charge in [0.25, 0.3) is 11.6 Å². The smallest absolute Gasteiger partial charge is 0.272 e. The number of nitro groups is 1. The van der Waals surface area contributed by atoms with E-state index in [4.69, 9.17) is 4.74 Å². The molecule has 19 heavy (non-hydrogen) atoms. The van der Waals surface area contributed by atoms with Gasteiger partial charge in [0.1, 0.15) is 5.82 Å². The molecule has 0 spiro atoms. The molecule has 0 aromatic heterocycles. The molecule has 0 aliphatic rings. The van der Waals surface area contributed by atoms with Crippen LogP contribution < -0.4 is 5.32 Å². The maximum atomic E-state index is 13.5. The number of carbonyl (C=O) groups is 1. The second-order valence-electron chi connectivity index (χ2n) is 3.73. The molecule has 1 amide bonds. The Morgan fingerprint density at radius 2 is 2.26 bits per heavy atom. The lowest BCUT2D eigenvalue weighted by molar-refractivity contribution is -0.385. The van der Waals surface area contributed by atoms with E-state index in [1.54, 1.807) is 0 Å². The average molecular weight is 270 g/mol. The first kappa shape index (κ1) is 15.0. The quantitative estimate of drug-likeness (QED) is 0.466. The van der Waals surface area contributed by atoms with Gasteiger partial charge in [-0.1, -0.05) is 0 Å². The molecular formula is C12H15FN2O4. The van der Waals surface area contributed by atoms with Gasteiger partial charge in [-0.2, -0.15) is 0 Å². The number of amides is 1. The van der Waals surface area contributed by atoms with Crippen LogP contribution >= 0.6 is 0 Å². The van der Waals surface area contributed by atoms with E-state index in [0.717, 1.165) is 18.2 Å². The monoisotopic (exact) mass is 270 g/mol. The molecule has 0 atom stereocenters. The third-order valence-electron chi connectivity index (χ3n) is 2.36. The Morgan fingerprint density at radius 1 is 1.53 bits per heavy atom. The summed E-state index contributed by atoms with van der Waals surface area (Å²) in [6.07, 6.45) is 0.619. The first-order valence-corrected chi connectivity index (χ1v) is 5.86. The van der Waals surface area contributed by atoms with E-state index >= 15 is 0 Å². The van der Waals surface area contributed by atoms with Gasteiger partial charge in [0, 0.05) is 25.8 Å². The molecule has 0 aliphatic heterocycles. The predicted octanol–water partition coefficient (Wildman–Crippen LogP) is 1.89. The normalized spacial score (nSPS) is 10.2. The number of halogens is 1. The molecule has 0 saturated carbocycles. The zero-order valence-corrected chi connectivity index (χ0v) is 10.5. The van der Waals surface area contributed by atoms with Crippen molar-refractivity contribution in [3.8, 4) is 0 Å². The fourth-order valence-electron chi connectivity index (χ4n) is 1.42. The number of nitrogens with one attached hydrogen (secondary N) is 1. The highest BCUT2D eigenvalue weighted by Crippen LogP contribution is 2.16. The Labute approximate surface area is 109 Å². The highest BCUT2D eigenvalue weighted by Gasteiger charge is 2.15. The summed E-state index contributed by atoms with van der Waals surface area (Å²) < 4.78 is 18.6. The topological polar surface area (TPSA) is 81.5 Å². The summed E-state index contributed by atoms with van der Waals surface area (Å²) in [7, 11) is 0. The molecule has 0 unspecified atom stereocenters. The number of non-ortho nitro benzene ring substituents is 1. The predicted molar refractivity (Wildman–Crippen MR) is 66.5 cm³/mol. The molecule has 104 valence electrons. The second-order valence-corrected chi connectivity index (χ2v) is 3.73. The standard InChI is InChI=1S/C12H15FN2O4/c1-2-19-7-3-6-14-12(16)10-5-4-9(15(17)18)8-11(10)13/h4-5,8H,2-3,6-7H2,1H3,(H,14,16). The first-order chi connectivity index (χ1) is 9.06. The van der Waals surface area contributed by atoms with Crippen molar-refractivity contribution in [3.05, 3.63) is 39.7 Å². The molecule has 7 heteroatoms. The van der Waals surface area contributed by atoms with E-state index in [1.165, 1.54) is 0 Å². The van der Waals surface area contributed by atoms with Crippen LogP contribution in [-0.2, 0) is 4.74 Å². The van der Waals surface area contributed by atoms with E-state index in [0.29, 0.717) is 26.2 Å². The van der Waals surface area contributed by atoms with Crippen LogP contribution in [0.1, 0.15) is 23.7 Å². The Morgan fingerprint density at radius 3 is 2.84 bits per heavy atom. The van der Waals surface area contributed by atoms with E-state index < -0.39 is 16.6 Å².